The SMILES string of the molecule is COCCCCOc1ccc([C@H](C)N)cc1C. The van der Waals surface area contributed by atoms with Gasteiger partial charge in [-0.2, -0.15) is 0 Å². The van der Waals surface area contributed by atoms with Gasteiger partial charge < -0.3 is 15.2 Å². The van der Waals surface area contributed by atoms with Gasteiger partial charge in [0.1, 0.15) is 5.75 Å². The second kappa shape index (κ2) is 7.30. The van der Waals surface area contributed by atoms with E-state index >= 15 is 0 Å². The van der Waals surface area contributed by atoms with Crippen LogP contribution in [0.3, 0.4) is 0 Å². The van der Waals surface area contributed by atoms with Crippen LogP contribution in [0.2, 0.25) is 0 Å². The van der Waals surface area contributed by atoms with Crippen molar-refractivity contribution < 1.29 is 9.47 Å². The minimum Gasteiger partial charge on any atom is -0.493 e. The lowest BCUT2D eigenvalue weighted by molar-refractivity contribution is 0.184. The van der Waals surface area contributed by atoms with E-state index in [1.54, 1.807) is 7.11 Å². The highest BCUT2D eigenvalue weighted by Gasteiger charge is 2.04. The molecule has 0 bridgehead atoms. The molecule has 1 aromatic carbocycles. The molecule has 0 fully saturated rings. The summed E-state index contributed by atoms with van der Waals surface area (Å²) in [5.41, 5.74) is 8.13. The number of hydrogen-bond donors (Lipinski definition) is 1. The van der Waals surface area contributed by atoms with E-state index in [0.717, 1.165) is 42.9 Å². The zero-order valence-corrected chi connectivity index (χ0v) is 11.0. The Morgan fingerprint density at radius 3 is 2.53 bits per heavy atom. The molecular weight excluding hydrogens is 214 g/mol. The van der Waals surface area contributed by atoms with Crippen molar-refractivity contribution in [3.8, 4) is 5.75 Å². The molecule has 0 aliphatic rings. The van der Waals surface area contributed by atoms with Crippen molar-refractivity contribution in [2.75, 3.05) is 20.3 Å². The number of methoxy groups -OCH3 is 1. The van der Waals surface area contributed by atoms with E-state index in [2.05, 4.69) is 13.0 Å². The molecule has 0 spiro atoms. The first-order valence-electron chi connectivity index (χ1n) is 6.13. The van der Waals surface area contributed by atoms with E-state index in [0.29, 0.717) is 0 Å². The quantitative estimate of drug-likeness (QED) is 0.742. The largest absolute Gasteiger partial charge is 0.493 e. The zero-order valence-electron chi connectivity index (χ0n) is 11.0. The van der Waals surface area contributed by atoms with Gasteiger partial charge in [-0.3, -0.25) is 0 Å². The molecule has 17 heavy (non-hydrogen) atoms. The number of benzene rings is 1. The van der Waals surface area contributed by atoms with Gasteiger partial charge in [-0.05, 0) is 43.9 Å². The maximum absolute atomic E-state index is 5.83. The molecule has 0 unspecified atom stereocenters. The first kappa shape index (κ1) is 14.0. The Balaban J connectivity index is 2.43. The van der Waals surface area contributed by atoms with Crippen LogP contribution in [-0.2, 0) is 4.74 Å². The van der Waals surface area contributed by atoms with Crippen LogP contribution in [0, 0.1) is 6.92 Å². The van der Waals surface area contributed by atoms with Crippen molar-refractivity contribution in [1.29, 1.82) is 0 Å². The number of rotatable bonds is 7. The van der Waals surface area contributed by atoms with Gasteiger partial charge in [0.05, 0.1) is 6.61 Å². The van der Waals surface area contributed by atoms with E-state index in [-0.39, 0.29) is 6.04 Å². The summed E-state index contributed by atoms with van der Waals surface area (Å²) in [4.78, 5) is 0. The minimum absolute atomic E-state index is 0.0736. The fraction of sp³-hybridized carbons (Fsp3) is 0.571. The Morgan fingerprint density at radius 1 is 1.24 bits per heavy atom. The van der Waals surface area contributed by atoms with Gasteiger partial charge in [-0.1, -0.05) is 12.1 Å². The van der Waals surface area contributed by atoms with Crippen LogP contribution in [0.25, 0.3) is 0 Å². The molecule has 3 nitrogen and oxygen atoms in total. The minimum atomic E-state index is 0.0736. The van der Waals surface area contributed by atoms with Gasteiger partial charge in [-0.15, -0.1) is 0 Å². The van der Waals surface area contributed by atoms with Gasteiger partial charge in [0.15, 0.2) is 0 Å². The van der Waals surface area contributed by atoms with E-state index in [1.165, 1.54) is 0 Å². The van der Waals surface area contributed by atoms with Gasteiger partial charge in [-0.25, -0.2) is 0 Å². The third-order valence-corrected chi connectivity index (χ3v) is 2.73. The number of ether oxygens (including phenoxy) is 2. The summed E-state index contributed by atoms with van der Waals surface area (Å²) in [6.07, 6.45) is 2.05. The van der Waals surface area contributed by atoms with Crippen LogP contribution in [0.15, 0.2) is 18.2 Å². The molecule has 0 amide bonds. The molecule has 1 atom stereocenters. The number of unbranched alkanes of at least 4 members (excludes halogenated alkanes) is 1. The summed E-state index contributed by atoms with van der Waals surface area (Å²) >= 11 is 0. The van der Waals surface area contributed by atoms with Crippen molar-refractivity contribution in [2.45, 2.75) is 32.7 Å². The highest BCUT2D eigenvalue weighted by Crippen LogP contribution is 2.22. The average Bonchev–Trinajstić information content (AvgIpc) is 2.30. The van der Waals surface area contributed by atoms with Gasteiger partial charge in [0.25, 0.3) is 0 Å². The standard InChI is InChI=1S/C14H23NO2/c1-11-10-13(12(2)15)6-7-14(11)17-9-5-4-8-16-3/h6-7,10,12H,4-5,8-9,15H2,1-3H3/t12-/m0/s1. The van der Waals surface area contributed by atoms with Crippen LogP contribution in [0.5, 0.6) is 5.75 Å². The fourth-order valence-corrected chi connectivity index (χ4v) is 1.65. The summed E-state index contributed by atoms with van der Waals surface area (Å²) in [6, 6.07) is 6.20. The van der Waals surface area contributed by atoms with Crippen LogP contribution in [-0.4, -0.2) is 20.3 Å². The maximum Gasteiger partial charge on any atom is 0.122 e. The summed E-state index contributed by atoms with van der Waals surface area (Å²) in [6.45, 7) is 5.57. The molecule has 0 heterocycles. The normalized spacial score (nSPS) is 12.5. The van der Waals surface area contributed by atoms with E-state index in [1.807, 2.05) is 19.1 Å². The fourth-order valence-electron chi connectivity index (χ4n) is 1.65. The van der Waals surface area contributed by atoms with Crippen molar-refractivity contribution in [3.63, 3.8) is 0 Å². The second-order valence-electron chi connectivity index (χ2n) is 4.36. The second-order valence-corrected chi connectivity index (χ2v) is 4.36. The lowest BCUT2D eigenvalue weighted by Gasteiger charge is -2.12. The molecule has 0 saturated heterocycles. The Morgan fingerprint density at radius 2 is 1.94 bits per heavy atom. The van der Waals surface area contributed by atoms with E-state index in [4.69, 9.17) is 15.2 Å². The molecule has 0 radical (unpaired) electrons. The molecule has 1 aromatic rings. The number of nitrogens with two attached hydrogens (primary N) is 1. The van der Waals surface area contributed by atoms with Gasteiger partial charge in [0, 0.05) is 19.8 Å². The molecule has 2 N–H and O–H groups in total. The lowest BCUT2D eigenvalue weighted by atomic mass is 10.1. The summed E-state index contributed by atoms with van der Waals surface area (Å²) < 4.78 is 10.7. The van der Waals surface area contributed by atoms with Crippen molar-refractivity contribution >= 4 is 0 Å². The molecule has 0 aromatic heterocycles. The molecule has 0 saturated carbocycles. The van der Waals surface area contributed by atoms with Gasteiger partial charge in [0.2, 0.25) is 0 Å². The molecule has 96 valence electrons. The first-order chi connectivity index (χ1) is 8.15. The van der Waals surface area contributed by atoms with Gasteiger partial charge >= 0.3 is 0 Å². The summed E-state index contributed by atoms with van der Waals surface area (Å²) in [5, 5.41) is 0. The van der Waals surface area contributed by atoms with Crippen molar-refractivity contribution in [2.24, 2.45) is 5.73 Å². The van der Waals surface area contributed by atoms with Crippen LogP contribution in [0.1, 0.15) is 36.9 Å². The van der Waals surface area contributed by atoms with Crippen molar-refractivity contribution in [1.82, 2.24) is 0 Å². The predicted octanol–water partition coefficient (Wildman–Crippen LogP) is 2.82. The smallest absolute Gasteiger partial charge is 0.122 e. The Kier molecular flexibility index (Phi) is 6.01. The molecule has 0 aliphatic heterocycles. The predicted molar refractivity (Wildman–Crippen MR) is 70.4 cm³/mol. The molecule has 1 rings (SSSR count). The number of hydrogen-bond acceptors (Lipinski definition) is 3. The monoisotopic (exact) mass is 237 g/mol. The Labute approximate surface area is 104 Å². The van der Waals surface area contributed by atoms with Crippen LogP contribution < -0.4 is 10.5 Å². The average molecular weight is 237 g/mol. The topological polar surface area (TPSA) is 44.5 Å². The first-order valence-corrected chi connectivity index (χ1v) is 6.13. The van der Waals surface area contributed by atoms with Crippen molar-refractivity contribution in [3.05, 3.63) is 29.3 Å². The number of aryl methyl sites for hydroxylation is 1. The molecular formula is C14H23NO2. The van der Waals surface area contributed by atoms with Crippen LogP contribution in [0.4, 0.5) is 0 Å². The third-order valence-electron chi connectivity index (χ3n) is 2.73. The Bertz CT molecular complexity index is 337. The maximum atomic E-state index is 5.83. The van der Waals surface area contributed by atoms with E-state index < -0.39 is 0 Å². The highest BCUT2D eigenvalue weighted by atomic mass is 16.5. The summed E-state index contributed by atoms with van der Waals surface area (Å²) in [5.74, 6) is 0.951. The van der Waals surface area contributed by atoms with E-state index in [9.17, 15) is 0 Å². The lowest BCUT2D eigenvalue weighted by Crippen LogP contribution is -2.06. The van der Waals surface area contributed by atoms with Crippen LogP contribution >= 0.6 is 0 Å². The third kappa shape index (κ3) is 4.75. The molecule has 0 aliphatic carbocycles. The highest BCUT2D eigenvalue weighted by molar-refractivity contribution is 5.37. The molecule has 3 heteroatoms. The Hall–Kier alpha value is -1.06. The zero-order chi connectivity index (χ0) is 12.7. The summed E-state index contributed by atoms with van der Waals surface area (Å²) in [7, 11) is 1.72.